The van der Waals surface area contributed by atoms with Crippen molar-refractivity contribution in [2.24, 2.45) is 0 Å². The summed E-state index contributed by atoms with van der Waals surface area (Å²) in [5.74, 6) is -0.00714. The highest BCUT2D eigenvalue weighted by atomic mass is 32.1. The Morgan fingerprint density at radius 2 is 2.05 bits per heavy atom. The van der Waals surface area contributed by atoms with Crippen LogP contribution in [0.2, 0.25) is 0 Å². The first-order chi connectivity index (χ1) is 8.97. The van der Waals surface area contributed by atoms with E-state index in [0.29, 0.717) is 4.88 Å². The van der Waals surface area contributed by atoms with E-state index in [0.717, 1.165) is 16.5 Å². The van der Waals surface area contributed by atoms with Crippen molar-refractivity contribution in [3.05, 3.63) is 40.4 Å². The molecule has 19 heavy (non-hydrogen) atoms. The fourth-order valence-corrected chi connectivity index (χ4v) is 2.71. The molecule has 0 unspecified atom stereocenters. The van der Waals surface area contributed by atoms with E-state index >= 15 is 0 Å². The number of hydrogen-bond acceptors (Lipinski definition) is 4. The Morgan fingerprint density at radius 1 is 1.32 bits per heavy atom. The highest BCUT2D eigenvalue weighted by molar-refractivity contribution is 7.17. The molecule has 1 amide bonds. The topological polar surface area (TPSA) is 45.2 Å². The van der Waals surface area contributed by atoms with Gasteiger partial charge in [-0.3, -0.25) is 4.79 Å². The van der Waals surface area contributed by atoms with Crippen molar-refractivity contribution in [1.29, 1.82) is 0 Å². The quantitative estimate of drug-likeness (QED) is 0.935. The van der Waals surface area contributed by atoms with Gasteiger partial charge in [0.05, 0.1) is 5.69 Å². The predicted molar refractivity (Wildman–Crippen MR) is 79.3 cm³/mol. The summed E-state index contributed by atoms with van der Waals surface area (Å²) in [6.45, 7) is 3.90. The van der Waals surface area contributed by atoms with E-state index in [9.17, 15) is 4.79 Å². The Labute approximate surface area is 117 Å². The van der Waals surface area contributed by atoms with Gasteiger partial charge in [0.2, 0.25) is 0 Å². The van der Waals surface area contributed by atoms with Crippen LogP contribution in [0.4, 0.5) is 10.8 Å². The Morgan fingerprint density at radius 3 is 2.68 bits per heavy atom. The first kappa shape index (κ1) is 13.5. The maximum atomic E-state index is 12.0. The predicted octanol–water partition coefficient (Wildman–Crippen LogP) is 3.21. The molecule has 0 saturated carbocycles. The molecule has 0 aliphatic rings. The van der Waals surface area contributed by atoms with Crippen molar-refractivity contribution in [3.8, 4) is 0 Å². The number of nitrogens with one attached hydrogen (secondary N) is 1. The van der Waals surface area contributed by atoms with Crippen LogP contribution in [0, 0.1) is 13.8 Å². The van der Waals surface area contributed by atoms with Gasteiger partial charge in [-0.15, -0.1) is 0 Å². The molecule has 0 bridgehead atoms. The van der Waals surface area contributed by atoms with Crippen LogP contribution >= 0.6 is 11.3 Å². The SMILES string of the molecule is Cc1cccc(Nc2nc(C)c(C(=O)N(C)C)s2)c1. The van der Waals surface area contributed by atoms with Crippen LogP contribution in [0.1, 0.15) is 20.9 Å². The molecule has 0 atom stereocenters. The number of aryl methyl sites for hydroxylation is 2. The van der Waals surface area contributed by atoms with Crippen LogP contribution in [0.5, 0.6) is 0 Å². The number of rotatable bonds is 3. The molecule has 0 fully saturated rings. The van der Waals surface area contributed by atoms with E-state index in [1.807, 2.05) is 38.1 Å². The molecule has 2 rings (SSSR count). The second-order valence-electron chi connectivity index (χ2n) is 4.63. The van der Waals surface area contributed by atoms with E-state index in [-0.39, 0.29) is 5.91 Å². The zero-order valence-electron chi connectivity index (χ0n) is 11.5. The molecule has 0 spiro atoms. The van der Waals surface area contributed by atoms with Gasteiger partial charge in [0.25, 0.3) is 5.91 Å². The summed E-state index contributed by atoms with van der Waals surface area (Å²) in [6.07, 6.45) is 0. The zero-order valence-corrected chi connectivity index (χ0v) is 12.3. The van der Waals surface area contributed by atoms with Crippen LogP contribution in [-0.4, -0.2) is 29.9 Å². The zero-order chi connectivity index (χ0) is 14.0. The smallest absolute Gasteiger partial charge is 0.265 e. The van der Waals surface area contributed by atoms with Crippen molar-refractivity contribution in [3.63, 3.8) is 0 Å². The third-order valence-corrected chi connectivity index (χ3v) is 3.73. The number of carbonyl (C=O) groups is 1. The molecular weight excluding hydrogens is 258 g/mol. The Balaban J connectivity index is 2.23. The monoisotopic (exact) mass is 275 g/mol. The lowest BCUT2D eigenvalue weighted by atomic mass is 10.2. The number of carbonyl (C=O) groups excluding carboxylic acids is 1. The molecule has 0 aliphatic carbocycles. The lowest BCUT2D eigenvalue weighted by Gasteiger charge is -2.07. The van der Waals surface area contributed by atoms with Crippen molar-refractivity contribution in [1.82, 2.24) is 9.88 Å². The lowest BCUT2D eigenvalue weighted by Crippen LogP contribution is -2.21. The minimum atomic E-state index is -0.00714. The number of thiazole rings is 1. The van der Waals surface area contributed by atoms with Crippen molar-refractivity contribution in [2.45, 2.75) is 13.8 Å². The molecule has 1 N–H and O–H groups in total. The molecule has 1 aromatic carbocycles. The van der Waals surface area contributed by atoms with Gasteiger partial charge >= 0.3 is 0 Å². The summed E-state index contributed by atoms with van der Waals surface area (Å²) in [5, 5.41) is 3.98. The summed E-state index contributed by atoms with van der Waals surface area (Å²) in [6, 6.07) is 8.06. The standard InChI is InChI=1S/C14H17N3OS/c1-9-6-5-7-11(8-9)16-14-15-10(2)12(19-14)13(18)17(3)4/h5-8H,1-4H3,(H,15,16). The number of aromatic nitrogens is 1. The maximum absolute atomic E-state index is 12.0. The van der Waals surface area contributed by atoms with Gasteiger partial charge in [-0.1, -0.05) is 23.5 Å². The van der Waals surface area contributed by atoms with Crippen molar-refractivity contribution >= 4 is 28.1 Å². The molecule has 0 saturated heterocycles. The van der Waals surface area contributed by atoms with E-state index < -0.39 is 0 Å². The van der Waals surface area contributed by atoms with Crippen LogP contribution < -0.4 is 5.32 Å². The molecule has 100 valence electrons. The first-order valence-corrected chi connectivity index (χ1v) is 6.82. The number of nitrogens with zero attached hydrogens (tertiary/aromatic N) is 2. The summed E-state index contributed by atoms with van der Waals surface area (Å²) in [5.41, 5.74) is 2.93. The molecule has 0 aliphatic heterocycles. The van der Waals surface area contributed by atoms with E-state index in [4.69, 9.17) is 0 Å². The first-order valence-electron chi connectivity index (χ1n) is 6.00. The fourth-order valence-electron chi connectivity index (χ4n) is 1.70. The Bertz CT molecular complexity index is 604. The average Bonchev–Trinajstić information content (AvgIpc) is 2.69. The van der Waals surface area contributed by atoms with Gasteiger partial charge in [0.1, 0.15) is 4.88 Å². The number of amides is 1. The normalized spacial score (nSPS) is 10.3. The third-order valence-electron chi connectivity index (χ3n) is 2.67. The fraction of sp³-hybridized carbons (Fsp3) is 0.286. The largest absolute Gasteiger partial charge is 0.344 e. The second kappa shape index (κ2) is 5.40. The summed E-state index contributed by atoms with van der Waals surface area (Å²) < 4.78 is 0. The maximum Gasteiger partial charge on any atom is 0.265 e. The summed E-state index contributed by atoms with van der Waals surface area (Å²) >= 11 is 1.38. The van der Waals surface area contributed by atoms with E-state index in [2.05, 4.69) is 10.3 Å². The molecule has 0 radical (unpaired) electrons. The molecule has 1 aromatic heterocycles. The van der Waals surface area contributed by atoms with Gasteiger partial charge in [-0.25, -0.2) is 4.98 Å². The van der Waals surface area contributed by atoms with E-state index in [1.54, 1.807) is 19.0 Å². The summed E-state index contributed by atoms with van der Waals surface area (Å²) in [4.78, 5) is 18.6. The highest BCUT2D eigenvalue weighted by Crippen LogP contribution is 2.26. The number of anilines is 2. The number of benzene rings is 1. The average molecular weight is 275 g/mol. The van der Waals surface area contributed by atoms with E-state index in [1.165, 1.54) is 16.9 Å². The minimum absolute atomic E-state index is 0.00714. The third kappa shape index (κ3) is 3.12. The highest BCUT2D eigenvalue weighted by Gasteiger charge is 2.16. The minimum Gasteiger partial charge on any atom is -0.344 e. The molecule has 5 heteroatoms. The van der Waals surface area contributed by atoms with Crippen molar-refractivity contribution < 1.29 is 4.79 Å². The second-order valence-corrected chi connectivity index (χ2v) is 5.63. The van der Waals surface area contributed by atoms with Gasteiger partial charge in [-0.2, -0.15) is 0 Å². The molecule has 2 aromatic rings. The Kier molecular flexibility index (Phi) is 3.85. The van der Waals surface area contributed by atoms with Gasteiger partial charge in [-0.05, 0) is 31.5 Å². The van der Waals surface area contributed by atoms with Crippen LogP contribution in [0.15, 0.2) is 24.3 Å². The molecule has 4 nitrogen and oxygen atoms in total. The lowest BCUT2D eigenvalue weighted by molar-refractivity contribution is 0.0831. The van der Waals surface area contributed by atoms with Crippen molar-refractivity contribution in [2.75, 3.05) is 19.4 Å². The van der Waals surface area contributed by atoms with Crippen LogP contribution in [-0.2, 0) is 0 Å². The van der Waals surface area contributed by atoms with Gasteiger partial charge in [0.15, 0.2) is 5.13 Å². The van der Waals surface area contributed by atoms with Crippen LogP contribution in [0.25, 0.3) is 0 Å². The summed E-state index contributed by atoms with van der Waals surface area (Å²) in [7, 11) is 3.49. The van der Waals surface area contributed by atoms with Gasteiger partial charge in [0, 0.05) is 19.8 Å². The molecule has 1 heterocycles. The van der Waals surface area contributed by atoms with Crippen LogP contribution in [0.3, 0.4) is 0 Å². The van der Waals surface area contributed by atoms with Gasteiger partial charge < -0.3 is 10.2 Å². The number of hydrogen-bond donors (Lipinski definition) is 1. The Hall–Kier alpha value is -1.88. The molecular formula is C14H17N3OS.